The van der Waals surface area contributed by atoms with Gasteiger partial charge in [-0.1, -0.05) is 47.5 Å². The van der Waals surface area contributed by atoms with Gasteiger partial charge in [0.15, 0.2) is 0 Å². The van der Waals surface area contributed by atoms with Gasteiger partial charge in [-0.25, -0.2) is 0 Å². The van der Waals surface area contributed by atoms with Crippen molar-refractivity contribution in [3.8, 4) is 5.75 Å². The van der Waals surface area contributed by atoms with E-state index in [-0.39, 0.29) is 0 Å². The second-order valence-electron chi connectivity index (χ2n) is 4.58. The summed E-state index contributed by atoms with van der Waals surface area (Å²) in [4.78, 5) is 11.6. The summed E-state index contributed by atoms with van der Waals surface area (Å²) in [7, 11) is 1.51. The van der Waals surface area contributed by atoms with Gasteiger partial charge in [0.2, 0.25) is 0 Å². The molecule has 5 heteroatoms. The number of methoxy groups -OCH3 is 1. The number of hydrogen-bond acceptors (Lipinski definition) is 2. The van der Waals surface area contributed by atoms with Crippen LogP contribution in [0, 0.1) is 0 Å². The Morgan fingerprint density at radius 1 is 1.19 bits per heavy atom. The zero-order chi connectivity index (χ0) is 15.4. The van der Waals surface area contributed by atoms with Crippen molar-refractivity contribution in [1.29, 1.82) is 0 Å². The Kier molecular flexibility index (Phi) is 5.10. The minimum Gasteiger partial charge on any atom is -0.495 e. The zero-order valence-electron chi connectivity index (χ0n) is 11.3. The highest BCUT2D eigenvalue weighted by Crippen LogP contribution is 2.31. The number of aliphatic carboxylic acids is 1. The quantitative estimate of drug-likeness (QED) is 0.885. The van der Waals surface area contributed by atoms with Gasteiger partial charge < -0.3 is 9.84 Å². The van der Waals surface area contributed by atoms with E-state index in [0.29, 0.717) is 27.8 Å². The second-order valence-corrected chi connectivity index (χ2v) is 5.39. The molecule has 0 fully saturated rings. The number of carbonyl (C=O) groups is 1. The van der Waals surface area contributed by atoms with Crippen molar-refractivity contribution in [3.05, 3.63) is 63.6 Å². The smallest absolute Gasteiger partial charge is 0.311 e. The first kappa shape index (κ1) is 15.7. The van der Waals surface area contributed by atoms with E-state index in [1.165, 1.54) is 7.11 Å². The Morgan fingerprint density at radius 3 is 2.48 bits per heavy atom. The van der Waals surface area contributed by atoms with Crippen LogP contribution in [0.4, 0.5) is 0 Å². The van der Waals surface area contributed by atoms with E-state index in [2.05, 4.69) is 0 Å². The third-order valence-electron chi connectivity index (χ3n) is 3.26. The Morgan fingerprint density at radius 2 is 1.90 bits per heavy atom. The largest absolute Gasteiger partial charge is 0.495 e. The van der Waals surface area contributed by atoms with Crippen LogP contribution in [0.3, 0.4) is 0 Å². The van der Waals surface area contributed by atoms with E-state index in [1.54, 1.807) is 24.3 Å². The SMILES string of the molecule is COc1ccc(C(Cc2ccccc2Cl)C(=O)O)cc1Cl. The van der Waals surface area contributed by atoms with E-state index in [1.807, 2.05) is 18.2 Å². The third kappa shape index (κ3) is 3.69. The second kappa shape index (κ2) is 6.83. The molecule has 0 aliphatic carbocycles. The monoisotopic (exact) mass is 324 g/mol. The third-order valence-corrected chi connectivity index (χ3v) is 3.92. The number of rotatable bonds is 5. The van der Waals surface area contributed by atoms with Gasteiger partial charge in [-0.15, -0.1) is 0 Å². The van der Waals surface area contributed by atoms with Crippen LogP contribution in [0.5, 0.6) is 5.75 Å². The Bertz CT molecular complexity index is 656. The molecular formula is C16H14Cl2O3. The van der Waals surface area contributed by atoms with Gasteiger partial charge in [0.25, 0.3) is 0 Å². The van der Waals surface area contributed by atoms with Crippen molar-refractivity contribution in [1.82, 2.24) is 0 Å². The van der Waals surface area contributed by atoms with E-state index in [0.717, 1.165) is 5.56 Å². The van der Waals surface area contributed by atoms with Gasteiger partial charge in [0, 0.05) is 5.02 Å². The summed E-state index contributed by atoms with van der Waals surface area (Å²) in [5.41, 5.74) is 1.41. The average molecular weight is 325 g/mol. The number of carboxylic acid groups (broad SMARTS) is 1. The van der Waals surface area contributed by atoms with Crippen LogP contribution in [-0.2, 0) is 11.2 Å². The van der Waals surface area contributed by atoms with Crippen molar-refractivity contribution in [2.75, 3.05) is 7.11 Å². The van der Waals surface area contributed by atoms with Crippen LogP contribution in [0.15, 0.2) is 42.5 Å². The molecule has 0 aliphatic heterocycles. The fourth-order valence-electron chi connectivity index (χ4n) is 2.13. The highest BCUT2D eigenvalue weighted by molar-refractivity contribution is 6.32. The maximum atomic E-state index is 11.6. The fourth-order valence-corrected chi connectivity index (χ4v) is 2.61. The van der Waals surface area contributed by atoms with Gasteiger partial charge in [0.05, 0.1) is 18.1 Å². The van der Waals surface area contributed by atoms with Crippen LogP contribution >= 0.6 is 23.2 Å². The summed E-state index contributed by atoms with van der Waals surface area (Å²) in [6.45, 7) is 0. The van der Waals surface area contributed by atoms with E-state index in [9.17, 15) is 9.90 Å². The molecule has 1 atom stereocenters. The summed E-state index contributed by atoms with van der Waals surface area (Å²) in [6.07, 6.45) is 0.303. The molecular weight excluding hydrogens is 311 g/mol. The first-order chi connectivity index (χ1) is 10.0. The van der Waals surface area contributed by atoms with Crippen molar-refractivity contribution < 1.29 is 14.6 Å². The van der Waals surface area contributed by atoms with Gasteiger partial charge in [-0.2, -0.15) is 0 Å². The van der Waals surface area contributed by atoms with Crippen LogP contribution in [0.1, 0.15) is 17.0 Å². The van der Waals surface area contributed by atoms with Crippen LogP contribution in [0.2, 0.25) is 10.0 Å². The molecule has 2 rings (SSSR count). The highest BCUT2D eigenvalue weighted by Gasteiger charge is 2.22. The molecule has 2 aromatic carbocycles. The molecule has 0 saturated carbocycles. The summed E-state index contributed by atoms with van der Waals surface area (Å²) in [6, 6.07) is 12.2. The predicted octanol–water partition coefficient (Wildman–Crippen LogP) is 4.41. The number of benzene rings is 2. The molecule has 0 spiro atoms. The highest BCUT2D eigenvalue weighted by atomic mass is 35.5. The lowest BCUT2D eigenvalue weighted by Crippen LogP contribution is -2.14. The average Bonchev–Trinajstić information content (AvgIpc) is 2.46. The van der Waals surface area contributed by atoms with Crippen LogP contribution in [-0.4, -0.2) is 18.2 Å². The molecule has 0 saturated heterocycles. The zero-order valence-corrected chi connectivity index (χ0v) is 12.9. The topological polar surface area (TPSA) is 46.5 Å². The van der Waals surface area contributed by atoms with Gasteiger partial charge >= 0.3 is 5.97 Å². The Labute approximate surface area is 133 Å². The molecule has 21 heavy (non-hydrogen) atoms. The lowest BCUT2D eigenvalue weighted by atomic mass is 9.92. The number of carboxylic acids is 1. The summed E-state index contributed by atoms with van der Waals surface area (Å²) in [5.74, 6) is -1.12. The molecule has 0 heterocycles. The fraction of sp³-hybridized carbons (Fsp3) is 0.188. The van der Waals surface area contributed by atoms with E-state index < -0.39 is 11.9 Å². The maximum absolute atomic E-state index is 11.6. The molecule has 0 aromatic heterocycles. The molecule has 1 unspecified atom stereocenters. The molecule has 3 nitrogen and oxygen atoms in total. The number of halogens is 2. The van der Waals surface area contributed by atoms with Crippen molar-refractivity contribution in [3.63, 3.8) is 0 Å². The van der Waals surface area contributed by atoms with Crippen molar-refractivity contribution in [2.24, 2.45) is 0 Å². The first-order valence-corrected chi connectivity index (χ1v) is 7.08. The molecule has 0 aliphatic rings. The molecule has 2 aromatic rings. The van der Waals surface area contributed by atoms with Crippen LogP contribution < -0.4 is 4.74 Å². The maximum Gasteiger partial charge on any atom is 0.311 e. The number of hydrogen-bond donors (Lipinski definition) is 1. The summed E-state index contributed by atoms with van der Waals surface area (Å²) < 4.78 is 5.08. The lowest BCUT2D eigenvalue weighted by molar-refractivity contribution is -0.138. The predicted molar refractivity (Wildman–Crippen MR) is 83.5 cm³/mol. The first-order valence-electron chi connectivity index (χ1n) is 6.32. The minimum atomic E-state index is -0.920. The van der Waals surface area contributed by atoms with Gasteiger partial charge in [-0.3, -0.25) is 4.79 Å². The van der Waals surface area contributed by atoms with E-state index in [4.69, 9.17) is 27.9 Å². The molecule has 110 valence electrons. The normalized spacial score (nSPS) is 12.0. The lowest BCUT2D eigenvalue weighted by Gasteiger charge is -2.15. The molecule has 1 N–H and O–H groups in total. The van der Waals surface area contributed by atoms with Crippen LogP contribution in [0.25, 0.3) is 0 Å². The van der Waals surface area contributed by atoms with Crippen molar-refractivity contribution >= 4 is 29.2 Å². The molecule has 0 amide bonds. The number of ether oxygens (including phenoxy) is 1. The standard InChI is InChI=1S/C16H14Cl2O3/c1-21-15-7-6-10(9-14(15)18)12(16(19)20)8-11-4-2-3-5-13(11)17/h2-7,9,12H,8H2,1H3,(H,19,20). The minimum absolute atomic E-state index is 0.303. The molecule has 0 radical (unpaired) electrons. The van der Waals surface area contributed by atoms with E-state index >= 15 is 0 Å². The van der Waals surface area contributed by atoms with Gasteiger partial charge in [-0.05, 0) is 35.7 Å². The summed E-state index contributed by atoms with van der Waals surface area (Å²) in [5, 5.41) is 10.4. The van der Waals surface area contributed by atoms with Crippen molar-refractivity contribution in [2.45, 2.75) is 12.3 Å². The Hall–Kier alpha value is -1.71. The summed E-state index contributed by atoms with van der Waals surface area (Å²) >= 11 is 12.2. The Balaban J connectivity index is 2.34. The van der Waals surface area contributed by atoms with Gasteiger partial charge in [0.1, 0.15) is 5.75 Å². The molecule has 0 bridgehead atoms.